The molecule has 7 heteroatoms. The fraction of sp³-hybridized carbons (Fsp3) is 0. The number of aromatic nitrogens is 2. The van der Waals surface area contributed by atoms with E-state index >= 15 is 0 Å². The Hall–Kier alpha value is -1.73. The summed E-state index contributed by atoms with van der Waals surface area (Å²) < 4.78 is 13.8. The number of halogens is 2. The van der Waals surface area contributed by atoms with Crippen LogP contribution in [0.2, 0.25) is 0 Å². The smallest absolute Gasteiger partial charge is 0.160 e. The van der Waals surface area contributed by atoms with Gasteiger partial charge in [-0.2, -0.15) is 0 Å². The first-order valence-electron chi connectivity index (χ1n) is 4.70. The molecule has 17 heavy (non-hydrogen) atoms. The van der Waals surface area contributed by atoms with Gasteiger partial charge >= 0.3 is 0 Å². The van der Waals surface area contributed by atoms with Crippen molar-refractivity contribution in [3.63, 3.8) is 0 Å². The van der Waals surface area contributed by atoms with Gasteiger partial charge in [-0.3, -0.25) is 4.98 Å². The van der Waals surface area contributed by atoms with Gasteiger partial charge in [0.1, 0.15) is 5.82 Å². The maximum absolute atomic E-state index is 13.1. The van der Waals surface area contributed by atoms with E-state index < -0.39 is 0 Å². The van der Waals surface area contributed by atoms with Gasteiger partial charge in [0.2, 0.25) is 0 Å². The predicted octanol–water partition coefficient (Wildman–Crippen LogP) is 2.41. The lowest BCUT2D eigenvalue weighted by molar-refractivity contribution is 0.628. The number of hydrogen-bond acceptors (Lipinski definition) is 5. The summed E-state index contributed by atoms with van der Waals surface area (Å²) in [5.74, 6) is 5.76. The van der Waals surface area contributed by atoms with Crippen LogP contribution in [-0.2, 0) is 0 Å². The lowest BCUT2D eigenvalue weighted by atomic mass is 10.3. The number of nitrogens with zero attached hydrogens (tertiary/aromatic N) is 2. The Labute approximate surface area is 105 Å². The summed E-state index contributed by atoms with van der Waals surface area (Å²) in [6.07, 6.45) is 2.99. The molecule has 0 bridgehead atoms. The minimum atomic E-state index is -0.336. The lowest BCUT2D eigenvalue weighted by Gasteiger charge is -2.08. The summed E-state index contributed by atoms with van der Waals surface area (Å²) in [6.45, 7) is 0. The van der Waals surface area contributed by atoms with Crippen LogP contribution in [0.4, 0.5) is 21.7 Å². The van der Waals surface area contributed by atoms with Gasteiger partial charge in [-0.05, 0) is 34.1 Å². The zero-order valence-electron chi connectivity index (χ0n) is 8.61. The molecule has 1 aromatic heterocycles. The van der Waals surface area contributed by atoms with E-state index in [1.54, 1.807) is 6.07 Å². The summed E-state index contributed by atoms with van der Waals surface area (Å²) in [5.41, 5.74) is 2.94. The summed E-state index contributed by atoms with van der Waals surface area (Å²) in [5, 5.41) is 2.93. The molecule has 0 saturated heterocycles. The van der Waals surface area contributed by atoms with Crippen molar-refractivity contribution >= 4 is 33.3 Å². The van der Waals surface area contributed by atoms with Gasteiger partial charge in [0.15, 0.2) is 11.6 Å². The summed E-state index contributed by atoms with van der Waals surface area (Å²) >= 11 is 3.31. The molecule has 2 rings (SSSR count). The van der Waals surface area contributed by atoms with E-state index in [0.717, 1.165) is 4.47 Å². The number of rotatable bonds is 3. The Morgan fingerprint density at radius 3 is 2.76 bits per heavy atom. The van der Waals surface area contributed by atoms with E-state index in [9.17, 15) is 4.39 Å². The number of nitrogen functional groups attached to an aromatic ring is 1. The Bertz CT molecular complexity index is 534. The molecule has 1 aromatic carbocycles. The number of hydrazine groups is 1. The van der Waals surface area contributed by atoms with Crippen LogP contribution in [0, 0.1) is 5.82 Å². The van der Waals surface area contributed by atoms with Crippen LogP contribution in [0.15, 0.2) is 35.1 Å². The molecular weight excluding hydrogens is 289 g/mol. The van der Waals surface area contributed by atoms with Crippen LogP contribution in [-0.4, -0.2) is 9.97 Å². The van der Waals surface area contributed by atoms with Crippen LogP contribution in [0.25, 0.3) is 0 Å². The number of nitrogens with one attached hydrogen (secondary N) is 2. The van der Waals surface area contributed by atoms with E-state index in [4.69, 9.17) is 5.84 Å². The molecule has 4 N–H and O–H groups in total. The van der Waals surface area contributed by atoms with Gasteiger partial charge < -0.3 is 10.7 Å². The van der Waals surface area contributed by atoms with Crippen LogP contribution in [0.5, 0.6) is 0 Å². The summed E-state index contributed by atoms with van der Waals surface area (Å²) in [6, 6.07) is 4.32. The van der Waals surface area contributed by atoms with Gasteiger partial charge in [0, 0.05) is 4.47 Å². The van der Waals surface area contributed by atoms with Crippen molar-refractivity contribution in [2.24, 2.45) is 5.84 Å². The number of benzene rings is 1. The molecule has 0 spiro atoms. The molecule has 0 saturated carbocycles. The molecule has 0 unspecified atom stereocenters. The molecule has 5 nitrogen and oxygen atoms in total. The average Bonchev–Trinajstić information content (AvgIpc) is 2.34. The van der Waals surface area contributed by atoms with Gasteiger partial charge in [-0.1, -0.05) is 0 Å². The molecule has 0 aliphatic rings. The minimum Gasteiger partial charge on any atom is -0.338 e. The van der Waals surface area contributed by atoms with E-state index in [1.807, 2.05) is 0 Å². The highest BCUT2D eigenvalue weighted by Crippen LogP contribution is 2.25. The molecule has 2 aromatic rings. The van der Waals surface area contributed by atoms with Crippen molar-refractivity contribution in [1.29, 1.82) is 0 Å². The van der Waals surface area contributed by atoms with Crippen molar-refractivity contribution < 1.29 is 4.39 Å². The van der Waals surface area contributed by atoms with E-state index in [1.165, 1.54) is 24.5 Å². The standard InChI is InChI=1S/C10H9BrFN5/c11-7-2-1-6(12)3-8(7)15-9-4-14-5-10(16-9)17-13/h1-5H,13H2,(H2,15,16,17). The second-order valence-corrected chi connectivity index (χ2v) is 4.04. The van der Waals surface area contributed by atoms with Crippen LogP contribution < -0.4 is 16.6 Å². The summed E-state index contributed by atoms with van der Waals surface area (Å²) in [4.78, 5) is 8.03. The monoisotopic (exact) mass is 297 g/mol. The zero-order valence-corrected chi connectivity index (χ0v) is 10.2. The Balaban J connectivity index is 2.27. The molecule has 0 radical (unpaired) electrons. The molecule has 0 aliphatic heterocycles. The van der Waals surface area contributed by atoms with E-state index in [0.29, 0.717) is 17.3 Å². The Kier molecular flexibility index (Phi) is 3.50. The third-order valence-corrected chi connectivity index (χ3v) is 2.67. The van der Waals surface area contributed by atoms with Crippen molar-refractivity contribution in [3.8, 4) is 0 Å². The first-order valence-corrected chi connectivity index (χ1v) is 5.49. The molecule has 0 amide bonds. The maximum atomic E-state index is 13.1. The largest absolute Gasteiger partial charge is 0.338 e. The van der Waals surface area contributed by atoms with Crippen LogP contribution in [0.1, 0.15) is 0 Å². The van der Waals surface area contributed by atoms with Crippen molar-refractivity contribution in [3.05, 3.63) is 40.9 Å². The number of anilines is 3. The highest BCUT2D eigenvalue weighted by Gasteiger charge is 2.04. The van der Waals surface area contributed by atoms with Crippen molar-refractivity contribution in [1.82, 2.24) is 9.97 Å². The molecule has 0 atom stereocenters. The van der Waals surface area contributed by atoms with Gasteiger partial charge in [-0.25, -0.2) is 15.2 Å². The lowest BCUT2D eigenvalue weighted by Crippen LogP contribution is -2.09. The van der Waals surface area contributed by atoms with Gasteiger partial charge in [0.25, 0.3) is 0 Å². The second-order valence-electron chi connectivity index (χ2n) is 3.18. The fourth-order valence-corrected chi connectivity index (χ4v) is 1.57. The Morgan fingerprint density at radius 1 is 1.24 bits per heavy atom. The normalized spacial score (nSPS) is 10.1. The SMILES string of the molecule is NNc1cncc(Nc2cc(F)ccc2Br)n1. The quantitative estimate of drug-likeness (QED) is 0.599. The van der Waals surface area contributed by atoms with Crippen LogP contribution in [0.3, 0.4) is 0 Å². The van der Waals surface area contributed by atoms with Crippen LogP contribution >= 0.6 is 15.9 Å². The zero-order chi connectivity index (χ0) is 12.3. The molecule has 88 valence electrons. The maximum Gasteiger partial charge on any atom is 0.160 e. The molecule has 1 heterocycles. The van der Waals surface area contributed by atoms with E-state index in [2.05, 4.69) is 36.6 Å². The third-order valence-electron chi connectivity index (χ3n) is 1.97. The molecular formula is C10H9BrFN5. The van der Waals surface area contributed by atoms with Gasteiger partial charge in [0.05, 0.1) is 18.1 Å². The molecule has 0 fully saturated rings. The highest BCUT2D eigenvalue weighted by molar-refractivity contribution is 9.10. The third kappa shape index (κ3) is 2.89. The Morgan fingerprint density at radius 2 is 2.00 bits per heavy atom. The number of nitrogens with two attached hydrogens (primary N) is 1. The summed E-state index contributed by atoms with van der Waals surface area (Å²) in [7, 11) is 0. The van der Waals surface area contributed by atoms with E-state index in [-0.39, 0.29) is 5.82 Å². The van der Waals surface area contributed by atoms with Gasteiger partial charge in [-0.15, -0.1) is 0 Å². The average molecular weight is 298 g/mol. The first-order chi connectivity index (χ1) is 8.19. The fourth-order valence-electron chi connectivity index (χ4n) is 1.23. The van der Waals surface area contributed by atoms with Crippen molar-refractivity contribution in [2.75, 3.05) is 10.7 Å². The molecule has 0 aliphatic carbocycles. The first kappa shape index (κ1) is 11.7. The minimum absolute atomic E-state index is 0.336. The van der Waals surface area contributed by atoms with Crippen molar-refractivity contribution in [2.45, 2.75) is 0 Å². The highest BCUT2D eigenvalue weighted by atomic mass is 79.9. The predicted molar refractivity (Wildman–Crippen MR) is 67.2 cm³/mol. The second kappa shape index (κ2) is 5.07. The number of hydrogen-bond donors (Lipinski definition) is 3. The topological polar surface area (TPSA) is 75.9 Å².